The van der Waals surface area contributed by atoms with Gasteiger partial charge in [-0.3, -0.25) is 9.59 Å². The first-order valence-electron chi connectivity index (χ1n) is 7.82. The summed E-state index contributed by atoms with van der Waals surface area (Å²) in [5, 5.41) is 8.96. The lowest BCUT2D eigenvalue weighted by atomic mass is 10.1. The predicted octanol–water partition coefficient (Wildman–Crippen LogP) is 2.34. The molecule has 1 saturated heterocycles. The van der Waals surface area contributed by atoms with Gasteiger partial charge in [-0.2, -0.15) is 0 Å². The zero-order valence-electron chi connectivity index (χ0n) is 13.0. The van der Waals surface area contributed by atoms with Gasteiger partial charge in [-0.25, -0.2) is 0 Å². The number of hydrogen-bond acceptors (Lipinski definition) is 3. The third kappa shape index (κ3) is 4.48. The van der Waals surface area contributed by atoms with E-state index in [2.05, 4.69) is 6.92 Å². The number of carbonyl (C=O) groups excluding carboxylic acids is 1. The Morgan fingerprint density at radius 1 is 1.32 bits per heavy atom. The van der Waals surface area contributed by atoms with Crippen molar-refractivity contribution in [2.45, 2.75) is 32.6 Å². The van der Waals surface area contributed by atoms with Crippen LogP contribution in [0.4, 0.5) is 0 Å². The third-order valence-corrected chi connectivity index (χ3v) is 3.91. The number of aryl methyl sites for hydroxylation is 1. The molecular weight excluding hydrogens is 282 g/mol. The molecule has 0 radical (unpaired) electrons. The summed E-state index contributed by atoms with van der Waals surface area (Å²) in [4.78, 5) is 24.7. The summed E-state index contributed by atoms with van der Waals surface area (Å²) < 4.78 is 5.52. The van der Waals surface area contributed by atoms with Gasteiger partial charge < -0.3 is 14.7 Å². The summed E-state index contributed by atoms with van der Waals surface area (Å²) in [6.45, 7) is 3.67. The van der Waals surface area contributed by atoms with Gasteiger partial charge in [0.2, 0.25) is 5.91 Å². The highest BCUT2D eigenvalue weighted by atomic mass is 16.5. The third-order valence-electron chi connectivity index (χ3n) is 3.91. The van der Waals surface area contributed by atoms with Crippen molar-refractivity contribution in [2.24, 2.45) is 5.92 Å². The van der Waals surface area contributed by atoms with Gasteiger partial charge in [-0.05, 0) is 37.0 Å². The molecular formula is C17H23NO4. The number of benzene rings is 1. The second-order valence-electron chi connectivity index (χ2n) is 5.66. The highest BCUT2D eigenvalue weighted by Crippen LogP contribution is 2.18. The maximum Gasteiger partial charge on any atom is 0.308 e. The Kier molecular flexibility index (Phi) is 5.81. The Morgan fingerprint density at radius 2 is 2.05 bits per heavy atom. The summed E-state index contributed by atoms with van der Waals surface area (Å²) in [6, 6.07) is 7.79. The van der Waals surface area contributed by atoms with Crippen LogP contribution in [0.5, 0.6) is 5.75 Å². The highest BCUT2D eigenvalue weighted by molar-refractivity contribution is 5.78. The van der Waals surface area contributed by atoms with E-state index in [0.717, 1.165) is 17.7 Å². The van der Waals surface area contributed by atoms with Crippen LogP contribution in [0.3, 0.4) is 0 Å². The smallest absolute Gasteiger partial charge is 0.308 e. The van der Waals surface area contributed by atoms with Gasteiger partial charge in [-0.15, -0.1) is 0 Å². The van der Waals surface area contributed by atoms with E-state index in [4.69, 9.17) is 9.84 Å². The predicted molar refractivity (Wildman–Crippen MR) is 82.9 cm³/mol. The Balaban J connectivity index is 1.78. The first-order chi connectivity index (χ1) is 10.6. The average molecular weight is 305 g/mol. The molecule has 1 heterocycles. The normalized spacial score (nSPS) is 17.5. The van der Waals surface area contributed by atoms with Crippen molar-refractivity contribution in [3.8, 4) is 5.75 Å². The molecule has 120 valence electrons. The van der Waals surface area contributed by atoms with Gasteiger partial charge in [0, 0.05) is 19.5 Å². The van der Waals surface area contributed by atoms with Crippen LogP contribution in [-0.4, -0.2) is 41.6 Å². The average Bonchev–Trinajstić information content (AvgIpc) is 3.02. The number of likely N-dealkylation sites (tertiary alicyclic amines) is 1. The first-order valence-corrected chi connectivity index (χ1v) is 7.82. The van der Waals surface area contributed by atoms with E-state index in [1.54, 1.807) is 4.90 Å². The van der Waals surface area contributed by atoms with Crippen LogP contribution in [-0.2, 0) is 16.0 Å². The molecule has 5 heteroatoms. The number of rotatable bonds is 7. The molecule has 1 aliphatic rings. The summed E-state index contributed by atoms with van der Waals surface area (Å²) in [7, 11) is 0. The van der Waals surface area contributed by atoms with Crippen LogP contribution in [0.25, 0.3) is 0 Å². The molecule has 0 saturated carbocycles. The first kappa shape index (κ1) is 16.3. The number of carboxylic acid groups (broad SMARTS) is 1. The lowest BCUT2D eigenvalue weighted by Gasteiger charge is -2.15. The molecule has 1 aromatic rings. The van der Waals surface area contributed by atoms with Gasteiger partial charge in [0.1, 0.15) is 5.75 Å². The quantitative estimate of drug-likeness (QED) is 0.839. The SMILES string of the molecule is CCCOc1ccc(CCC(=O)N2CC[C@H](C(=O)O)C2)cc1. The summed E-state index contributed by atoms with van der Waals surface area (Å²) in [6.07, 6.45) is 2.62. The second-order valence-corrected chi connectivity index (χ2v) is 5.66. The van der Waals surface area contributed by atoms with Crippen molar-refractivity contribution >= 4 is 11.9 Å². The molecule has 0 aliphatic carbocycles. The Labute approximate surface area is 130 Å². The zero-order valence-corrected chi connectivity index (χ0v) is 13.0. The van der Waals surface area contributed by atoms with Crippen LogP contribution in [0.15, 0.2) is 24.3 Å². The van der Waals surface area contributed by atoms with Crippen molar-refractivity contribution in [2.75, 3.05) is 19.7 Å². The van der Waals surface area contributed by atoms with Gasteiger partial charge in [-0.1, -0.05) is 19.1 Å². The van der Waals surface area contributed by atoms with Crippen molar-refractivity contribution in [1.82, 2.24) is 4.90 Å². The number of carboxylic acids is 1. The van der Waals surface area contributed by atoms with E-state index in [9.17, 15) is 9.59 Å². The van der Waals surface area contributed by atoms with E-state index in [1.807, 2.05) is 24.3 Å². The van der Waals surface area contributed by atoms with Crippen molar-refractivity contribution < 1.29 is 19.4 Å². The van der Waals surface area contributed by atoms with E-state index in [-0.39, 0.29) is 5.91 Å². The highest BCUT2D eigenvalue weighted by Gasteiger charge is 2.30. The fraction of sp³-hybridized carbons (Fsp3) is 0.529. The molecule has 1 amide bonds. The number of hydrogen-bond donors (Lipinski definition) is 1. The molecule has 2 rings (SSSR count). The Hall–Kier alpha value is -2.04. The molecule has 0 unspecified atom stereocenters. The summed E-state index contributed by atoms with van der Waals surface area (Å²) >= 11 is 0. The van der Waals surface area contributed by atoms with E-state index >= 15 is 0 Å². The minimum atomic E-state index is -0.807. The van der Waals surface area contributed by atoms with Crippen LogP contribution < -0.4 is 4.74 Å². The summed E-state index contributed by atoms with van der Waals surface area (Å²) in [5.41, 5.74) is 1.09. The molecule has 0 bridgehead atoms. The van der Waals surface area contributed by atoms with Crippen LogP contribution >= 0.6 is 0 Å². The van der Waals surface area contributed by atoms with E-state index in [0.29, 0.717) is 39.0 Å². The van der Waals surface area contributed by atoms with E-state index < -0.39 is 11.9 Å². The molecule has 1 atom stereocenters. The monoisotopic (exact) mass is 305 g/mol. The van der Waals surface area contributed by atoms with Gasteiger partial charge in [0.15, 0.2) is 0 Å². The fourth-order valence-electron chi connectivity index (χ4n) is 2.57. The van der Waals surface area contributed by atoms with Crippen LogP contribution in [0.2, 0.25) is 0 Å². The van der Waals surface area contributed by atoms with E-state index in [1.165, 1.54) is 0 Å². The lowest BCUT2D eigenvalue weighted by Crippen LogP contribution is -2.30. The van der Waals surface area contributed by atoms with Gasteiger partial charge in [0.05, 0.1) is 12.5 Å². The van der Waals surface area contributed by atoms with Gasteiger partial charge in [0.25, 0.3) is 0 Å². The molecule has 0 aromatic heterocycles. The van der Waals surface area contributed by atoms with Gasteiger partial charge >= 0.3 is 5.97 Å². The van der Waals surface area contributed by atoms with Crippen LogP contribution in [0.1, 0.15) is 31.7 Å². The topological polar surface area (TPSA) is 66.8 Å². The Morgan fingerprint density at radius 3 is 2.64 bits per heavy atom. The van der Waals surface area contributed by atoms with Crippen molar-refractivity contribution in [3.05, 3.63) is 29.8 Å². The molecule has 1 N–H and O–H groups in total. The largest absolute Gasteiger partial charge is 0.494 e. The lowest BCUT2D eigenvalue weighted by molar-refractivity contribution is -0.141. The maximum atomic E-state index is 12.1. The molecule has 22 heavy (non-hydrogen) atoms. The molecule has 0 spiro atoms. The van der Waals surface area contributed by atoms with Crippen molar-refractivity contribution in [3.63, 3.8) is 0 Å². The molecule has 1 aromatic carbocycles. The number of nitrogens with zero attached hydrogens (tertiary/aromatic N) is 1. The number of ether oxygens (including phenoxy) is 1. The summed E-state index contributed by atoms with van der Waals surface area (Å²) in [5.74, 6) is -0.326. The maximum absolute atomic E-state index is 12.1. The zero-order chi connectivity index (χ0) is 15.9. The molecule has 1 fully saturated rings. The van der Waals surface area contributed by atoms with Crippen molar-refractivity contribution in [1.29, 1.82) is 0 Å². The standard InChI is InChI=1S/C17H23NO4/c1-2-11-22-15-6-3-13(4-7-15)5-8-16(19)18-10-9-14(12-18)17(20)21/h3-4,6-7,14H,2,5,8-12H2,1H3,(H,20,21)/t14-/m0/s1. The number of aliphatic carboxylic acids is 1. The number of amides is 1. The second kappa shape index (κ2) is 7.82. The fourth-order valence-corrected chi connectivity index (χ4v) is 2.57. The minimum Gasteiger partial charge on any atom is -0.494 e. The number of carbonyl (C=O) groups is 2. The van der Waals surface area contributed by atoms with Crippen LogP contribution in [0, 0.1) is 5.92 Å². The Bertz CT molecular complexity index is 512. The molecule has 5 nitrogen and oxygen atoms in total. The molecule has 1 aliphatic heterocycles. The minimum absolute atomic E-state index is 0.0371.